The third-order valence-electron chi connectivity index (χ3n) is 3.88. The van der Waals surface area contributed by atoms with Crippen LogP contribution in [0.4, 0.5) is 0 Å². The lowest BCUT2D eigenvalue weighted by Crippen LogP contribution is -2.42. The Balaban J connectivity index is 1.44. The summed E-state index contributed by atoms with van der Waals surface area (Å²) in [6.45, 7) is 0.122. The maximum atomic E-state index is 12.2. The molecule has 3 aromatic rings. The van der Waals surface area contributed by atoms with Crippen molar-refractivity contribution >= 4 is 34.6 Å². The molecule has 26 heavy (non-hydrogen) atoms. The van der Waals surface area contributed by atoms with Gasteiger partial charge in [0.2, 0.25) is 6.10 Å². The molecule has 0 saturated heterocycles. The van der Waals surface area contributed by atoms with Crippen molar-refractivity contribution in [3.63, 3.8) is 0 Å². The topological polar surface area (TPSA) is 72.8 Å². The van der Waals surface area contributed by atoms with Crippen molar-refractivity contribution in [1.82, 2.24) is 10.4 Å². The maximum absolute atomic E-state index is 12.2. The summed E-state index contributed by atoms with van der Waals surface area (Å²) in [4.78, 5) is 16.5. The zero-order valence-electron chi connectivity index (χ0n) is 13.6. The molecule has 4 rings (SSSR count). The molecule has 1 unspecified atom stereocenters. The minimum atomic E-state index is -0.771. The van der Waals surface area contributed by atoms with E-state index in [0.29, 0.717) is 22.2 Å². The molecule has 2 heterocycles. The lowest BCUT2D eigenvalue weighted by molar-refractivity contribution is -0.130. The zero-order valence-corrected chi connectivity index (χ0v) is 14.3. The summed E-state index contributed by atoms with van der Waals surface area (Å²) in [5, 5.41) is 5.20. The minimum absolute atomic E-state index is 0.122. The van der Waals surface area contributed by atoms with Crippen molar-refractivity contribution in [3.05, 3.63) is 65.3 Å². The van der Waals surface area contributed by atoms with E-state index < -0.39 is 12.0 Å². The molecular formula is C19H14ClN3O3. The van der Waals surface area contributed by atoms with E-state index in [9.17, 15) is 4.79 Å². The van der Waals surface area contributed by atoms with Crippen LogP contribution in [0.15, 0.2) is 59.7 Å². The number of nitrogens with one attached hydrogen (secondary N) is 1. The Morgan fingerprint density at radius 1 is 1.19 bits per heavy atom. The molecule has 1 aromatic heterocycles. The number of halogens is 1. The van der Waals surface area contributed by atoms with E-state index in [0.717, 1.165) is 10.9 Å². The summed E-state index contributed by atoms with van der Waals surface area (Å²) in [7, 11) is 0. The number of hydrazone groups is 1. The van der Waals surface area contributed by atoms with Gasteiger partial charge in [0.05, 0.1) is 11.7 Å². The molecule has 0 spiro atoms. The summed E-state index contributed by atoms with van der Waals surface area (Å²) >= 11 is 6.16. The molecule has 1 aliphatic heterocycles. The number of carbonyl (C=O) groups is 1. The number of hydrogen-bond donors (Lipinski definition) is 1. The predicted octanol–water partition coefficient (Wildman–Crippen LogP) is 3.18. The van der Waals surface area contributed by atoms with Gasteiger partial charge in [-0.15, -0.1) is 0 Å². The van der Waals surface area contributed by atoms with Crippen molar-refractivity contribution in [3.8, 4) is 11.5 Å². The van der Waals surface area contributed by atoms with Gasteiger partial charge in [-0.3, -0.25) is 4.79 Å². The van der Waals surface area contributed by atoms with Crippen molar-refractivity contribution in [1.29, 1.82) is 0 Å². The molecule has 1 atom stereocenters. The second-order valence-corrected chi connectivity index (χ2v) is 6.02. The van der Waals surface area contributed by atoms with E-state index >= 15 is 0 Å². The highest BCUT2D eigenvalue weighted by Gasteiger charge is 2.26. The molecule has 1 aliphatic rings. The quantitative estimate of drug-likeness (QED) is 0.438. The number of nitrogens with zero attached hydrogens (tertiary/aromatic N) is 2. The SMILES string of the molecule is O=C(NN=Cc1cc2ccccc2nc1Cl)C1COc2ccccc2O1. The fraction of sp³-hybridized carbons (Fsp3) is 0.105. The lowest BCUT2D eigenvalue weighted by Gasteiger charge is -2.24. The Morgan fingerprint density at radius 3 is 2.85 bits per heavy atom. The van der Waals surface area contributed by atoms with Gasteiger partial charge in [-0.1, -0.05) is 41.9 Å². The average Bonchev–Trinajstić information content (AvgIpc) is 2.68. The Bertz CT molecular complexity index is 1010. The van der Waals surface area contributed by atoms with Crippen LogP contribution in [-0.2, 0) is 4.79 Å². The monoisotopic (exact) mass is 367 g/mol. The number of fused-ring (bicyclic) bond motifs is 2. The molecule has 2 aromatic carbocycles. The van der Waals surface area contributed by atoms with E-state index in [1.54, 1.807) is 12.1 Å². The van der Waals surface area contributed by atoms with Crippen molar-refractivity contribution in [2.24, 2.45) is 5.10 Å². The van der Waals surface area contributed by atoms with E-state index in [1.165, 1.54) is 6.21 Å². The van der Waals surface area contributed by atoms with Gasteiger partial charge in [0, 0.05) is 10.9 Å². The second kappa shape index (κ2) is 7.01. The number of benzene rings is 2. The van der Waals surface area contributed by atoms with Gasteiger partial charge in [0.15, 0.2) is 11.5 Å². The Labute approximate surface area is 154 Å². The Kier molecular flexibility index (Phi) is 4.41. The van der Waals surface area contributed by atoms with Gasteiger partial charge < -0.3 is 9.47 Å². The lowest BCUT2D eigenvalue weighted by atomic mass is 10.2. The van der Waals surface area contributed by atoms with Crippen LogP contribution in [0.5, 0.6) is 11.5 Å². The van der Waals surface area contributed by atoms with E-state index in [1.807, 2.05) is 42.5 Å². The van der Waals surface area contributed by atoms with Crippen LogP contribution < -0.4 is 14.9 Å². The van der Waals surface area contributed by atoms with Crippen molar-refractivity contribution < 1.29 is 14.3 Å². The smallest absolute Gasteiger partial charge is 0.284 e. The first-order valence-electron chi connectivity index (χ1n) is 7.97. The summed E-state index contributed by atoms with van der Waals surface area (Å²) in [6, 6.07) is 16.7. The highest BCUT2D eigenvalue weighted by Crippen LogP contribution is 2.30. The molecule has 6 nitrogen and oxygen atoms in total. The molecule has 0 aliphatic carbocycles. The number of rotatable bonds is 3. The second-order valence-electron chi connectivity index (χ2n) is 5.66. The fourth-order valence-corrected chi connectivity index (χ4v) is 2.78. The highest BCUT2D eigenvalue weighted by atomic mass is 35.5. The number of hydrogen-bond acceptors (Lipinski definition) is 5. The molecule has 130 valence electrons. The van der Waals surface area contributed by atoms with Crippen LogP contribution in [0.2, 0.25) is 5.15 Å². The predicted molar refractivity (Wildman–Crippen MR) is 98.8 cm³/mol. The minimum Gasteiger partial charge on any atom is -0.485 e. The fourth-order valence-electron chi connectivity index (χ4n) is 2.59. The number of carbonyl (C=O) groups excluding carboxylic acids is 1. The molecule has 7 heteroatoms. The Morgan fingerprint density at radius 2 is 1.96 bits per heavy atom. The van der Waals surface area contributed by atoms with Crippen molar-refractivity contribution in [2.45, 2.75) is 6.10 Å². The molecule has 0 fully saturated rings. The first-order valence-corrected chi connectivity index (χ1v) is 8.35. The van der Waals surface area contributed by atoms with Crippen molar-refractivity contribution in [2.75, 3.05) is 6.61 Å². The highest BCUT2D eigenvalue weighted by molar-refractivity contribution is 6.32. The van der Waals surface area contributed by atoms with Gasteiger partial charge in [0.25, 0.3) is 5.91 Å². The molecule has 1 N–H and O–H groups in total. The molecular weight excluding hydrogens is 354 g/mol. The maximum Gasteiger partial charge on any atom is 0.284 e. The first kappa shape index (κ1) is 16.4. The van der Waals surface area contributed by atoms with Crippen LogP contribution in [0.1, 0.15) is 5.56 Å². The number of pyridine rings is 1. The van der Waals surface area contributed by atoms with Gasteiger partial charge >= 0.3 is 0 Å². The summed E-state index contributed by atoms with van der Waals surface area (Å²) in [5.41, 5.74) is 3.85. The molecule has 0 radical (unpaired) electrons. The van der Waals surface area contributed by atoms with Gasteiger partial charge in [-0.05, 0) is 24.3 Å². The largest absolute Gasteiger partial charge is 0.485 e. The third-order valence-corrected chi connectivity index (χ3v) is 4.19. The molecule has 0 saturated carbocycles. The van der Waals surface area contributed by atoms with E-state index in [-0.39, 0.29) is 6.61 Å². The standard InChI is InChI=1S/C19H14ClN3O3/c20-18-13(9-12-5-1-2-6-14(12)22-18)10-21-23-19(24)17-11-25-15-7-3-4-8-16(15)26-17/h1-10,17H,11H2,(H,23,24). The molecule has 0 bridgehead atoms. The average molecular weight is 368 g/mol. The van der Waals surface area contributed by atoms with Crippen LogP contribution >= 0.6 is 11.6 Å². The van der Waals surface area contributed by atoms with Crippen LogP contribution in [-0.4, -0.2) is 29.8 Å². The Hall–Kier alpha value is -3.12. The van der Waals surface area contributed by atoms with Gasteiger partial charge in [-0.25, -0.2) is 10.4 Å². The van der Waals surface area contributed by atoms with Gasteiger partial charge in [-0.2, -0.15) is 5.10 Å². The number of aromatic nitrogens is 1. The first-order chi connectivity index (χ1) is 12.7. The zero-order chi connectivity index (χ0) is 17.9. The van der Waals surface area contributed by atoms with Crippen LogP contribution in [0.3, 0.4) is 0 Å². The third kappa shape index (κ3) is 3.32. The van der Waals surface area contributed by atoms with E-state index in [2.05, 4.69) is 15.5 Å². The normalized spacial score (nSPS) is 16.0. The number of ether oxygens (including phenoxy) is 2. The molecule has 1 amide bonds. The summed E-state index contributed by atoms with van der Waals surface area (Å²) in [5.74, 6) is 0.749. The summed E-state index contributed by atoms with van der Waals surface area (Å²) < 4.78 is 11.1. The van der Waals surface area contributed by atoms with E-state index in [4.69, 9.17) is 21.1 Å². The number of para-hydroxylation sites is 3. The summed E-state index contributed by atoms with van der Waals surface area (Å²) in [6.07, 6.45) is 0.685. The number of amides is 1. The van der Waals surface area contributed by atoms with Crippen LogP contribution in [0.25, 0.3) is 10.9 Å². The van der Waals surface area contributed by atoms with Crippen LogP contribution in [0, 0.1) is 0 Å². The van der Waals surface area contributed by atoms with Gasteiger partial charge in [0.1, 0.15) is 11.8 Å².